The predicted molar refractivity (Wildman–Crippen MR) is 88.4 cm³/mol. The van der Waals surface area contributed by atoms with E-state index in [0.29, 0.717) is 39.3 Å². The zero-order valence-electron chi connectivity index (χ0n) is 13.4. The van der Waals surface area contributed by atoms with Crippen molar-refractivity contribution >= 4 is 23.3 Å². The summed E-state index contributed by atoms with van der Waals surface area (Å²) >= 11 is 1.69. The molecule has 0 bridgehead atoms. The van der Waals surface area contributed by atoms with E-state index in [1.54, 1.807) is 16.2 Å². The van der Waals surface area contributed by atoms with Crippen LogP contribution in [0.1, 0.15) is 22.6 Å². The maximum absolute atomic E-state index is 12.3. The SMILES string of the molecule is Cc1ccc(CNC(=O)N2CCN(C(=O)C3CCCO3)CC2)s1. The summed E-state index contributed by atoms with van der Waals surface area (Å²) in [5.41, 5.74) is 0. The van der Waals surface area contributed by atoms with Crippen LogP contribution in [0.2, 0.25) is 0 Å². The Bertz CT molecular complexity index is 561. The van der Waals surface area contributed by atoms with E-state index in [9.17, 15) is 9.59 Å². The number of urea groups is 1. The average Bonchev–Trinajstić information content (AvgIpc) is 3.24. The second-order valence-corrected chi connectivity index (χ2v) is 7.36. The molecule has 1 unspecified atom stereocenters. The fourth-order valence-corrected chi connectivity index (χ4v) is 3.79. The molecular weight excluding hydrogens is 314 g/mol. The largest absolute Gasteiger partial charge is 0.368 e. The van der Waals surface area contributed by atoms with Crippen LogP contribution in [0.5, 0.6) is 0 Å². The van der Waals surface area contributed by atoms with Gasteiger partial charge in [0, 0.05) is 42.5 Å². The van der Waals surface area contributed by atoms with E-state index in [2.05, 4.69) is 18.3 Å². The first-order valence-electron chi connectivity index (χ1n) is 8.12. The number of carbonyl (C=O) groups excluding carboxylic acids is 2. The van der Waals surface area contributed by atoms with Gasteiger partial charge in [0.25, 0.3) is 5.91 Å². The molecule has 2 aliphatic rings. The standard InChI is InChI=1S/C16H23N3O3S/c1-12-4-5-13(23-12)11-17-16(21)19-8-6-18(7-9-19)15(20)14-3-2-10-22-14/h4-5,14H,2-3,6-11H2,1H3,(H,17,21). The quantitative estimate of drug-likeness (QED) is 0.911. The average molecular weight is 337 g/mol. The molecule has 3 amide bonds. The normalized spacial score (nSPS) is 21.5. The molecule has 0 aromatic carbocycles. The van der Waals surface area contributed by atoms with Crippen LogP contribution in [-0.2, 0) is 16.1 Å². The summed E-state index contributed by atoms with van der Waals surface area (Å²) < 4.78 is 5.45. The zero-order chi connectivity index (χ0) is 16.2. The van der Waals surface area contributed by atoms with E-state index in [0.717, 1.165) is 17.7 Å². The molecule has 0 spiro atoms. The molecule has 6 nitrogen and oxygen atoms in total. The Morgan fingerprint density at radius 3 is 2.61 bits per heavy atom. The van der Waals surface area contributed by atoms with E-state index in [1.807, 2.05) is 11.0 Å². The van der Waals surface area contributed by atoms with Crippen LogP contribution >= 0.6 is 11.3 Å². The molecule has 0 radical (unpaired) electrons. The highest BCUT2D eigenvalue weighted by Crippen LogP contribution is 2.17. The van der Waals surface area contributed by atoms with E-state index in [1.165, 1.54) is 4.88 Å². The number of hydrogen-bond donors (Lipinski definition) is 1. The molecular formula is C16H23N3O3S. The van der Waals surface area contributed by atoms with Crippen molar-refractivity contribution in [2.75, 3.05) is 32.8 Å². The molecule has 23 heavy (non-hydrogen) atoms. The number of nitrogens with one attached hydrogen (secondary N) is 1. The maximum atomic E-state index is 12.3. The van der Waals surface area contributed by atoms with Crippen LogP contribution in [0.4, 0.5) is 4.79 Å². The summed E-state index contributed by atoms with van der Waals surface area (Å²) in [4.78, 5) is 30.5. The van der Waals surface area contributed by atoms with Gasteiger partial charge in [0.05, 0.1) is 6.54 Å². The Kier molecular flexibility index (Phi) is 5.17. The molecule has 1 N–H and O–H groups in total. The minimum atomic E-state index is -0.266. The highest BCUT2D eigenvalue weighted by molar-refractivity contribution is 7.11. The highest BCUT2D eigenvalue weighted by Gasteiger charge is 2.31. The third kappa shape index (κ3) is 4.03. The van der Waals surface area contributed by atoms with Crippen LogP contribution in [0.3, 0.4) is 0 Å². The molecule has 1 aromatic rings. The number of piperazine rings is 1. The lowest BCUT2D eigenvalue weighted by Gasteiger charge is -2.35. The lowest BCUT2D eigenvalue weighted by molar-refractivity contribution is -0.142. The number of carbonyl (C=O) groups is 2. The number of amides is 3. The van der Waals surface area contributed by atoms with Crippen LogP contribution in [0.15, 0.2) is 12.1 Å². The second kappa shape index (κ2) is 7.31. The Labute approximate surface area is 140 Å². The van der Waals surface area contributed by atoms with Crippen molar-refractivity contribution in [1.82, 2.24) is 15.1 Å². The van der Waals surface area contributed by atoms with Gasteiger partial charge in [-0.3, -0.25) is 4.79 Å². The number of aryl methyl sites for hydroxylation is 1. The molecule has 1 aromatic heterocycles. The molecule has 2 saturated heterocycles. The van der Waals surface area contributed by atoms with Crippen molar-refractivity contribution in [3.8, 4) is 0 Å². The molecule has 3 heterocycles. The van der Waals surface area contributed by atoms with Crippen molar-refractivity contribution in [1.29, 1.82) is 0 Å². The smallest absolute Gasteiger partial charge is 0.317 e. The fraction of sp³-hybridized carbons (Fsp3) is 0.625. The van der Waals surface area contributed by atoms with Gasteiger partial charge in [0.2, 0.25) is 0 Å². The Hall–Kier alpha value is -1.60. The molecule has 126 valence electrons. The van der Waals surface area contributed by atoms with Crippen molar-refractivity contribution in [3.05, 3.63) is 21.9 Å². The van der Waals surface area contributed by atoms with Crippen LogP contribution in [0.25, 0.3) is 0 Å². The number of ether oxygens (including phenoxy) is 1. The van der Waals surface area contributed by atoms with Gasteiger partial charge in [-0.15, -0.1) is 11.3 Å². The zero-order valence-corrected chi connectivity index (χ0v) is 14.2. The van der Waals surface area contributed by atoms with Gasteiger partial charge in [-0.05, 0) is 31.9 Å². The third-order valence-corrected chi connectivity index (χ3v) is 5.29. The van der Waals surface area contributed by atoms with Crippen molar-refractivity contribution in [2.24, 2.45) is 0 Å². The molecule has 3 rings (SSSR count). The van der Waals surface area contributed by atoms with Gasteiger partial charge in [-0.2, -0.15) is 0 Å². The van der Waals surface area contributed by atoms with Crippen LogP contribution < -0.4 is 5.32 Å². The molecule has 1 atom stereocenters. The fourth-order valence-electron chi connectivity index (χ4n) is 2.96. The Morgan fingerprint density at radius 2 is 2.00 bits per heavy atom. The summed E-state index contributed by atoms with van der Waals surface area (Å²) in [6.45, 7) is 5.63. The number of nitrogens with zero attached hydrogens (tertiary/aromatic N) is 2. The summed E-state index contributed by atoms with van der Waals surface area (Å²) in [5, 5.41) is 2.95. The van der Waals surface area contributed by atoms with Gasteiger partial charge in [0.15, 0.2) is 0 Å². The van der Waals surface area contributed by atoms with Gasteiger partial charge in [0.1, 0.15) is 6.10 Å². The number of rotatable bonds is 3. The molecule has 0 aliphatic carbocycles. The first-order valence-corrected chi connectivity index (χ1v) is 8.93. The van der Waals surface area contributed by atoms with Crippen molar-refractivity contribution < 1.29 is 14.3 Å². The van der Waals surface area contributed by atoms with Crippen LogP contribution in [-0.4, -0.2) is 60.6 Å². The maximum Gasteiger partial charge on any atom is 0.317 e. The van der Waals surface area contributed by atoms with Gasteiger partial charge >= 0.3 is 6.03 Å². The Balaban J connectivity index is 1.42. The summed E-state index contributed by atoms with van der Waals surface area (Å²) in [6.07, 6.45) is 1.51. The van der Waals surface area contributed by atoms with E-state index >= 15 is 0 Å². The van der Waals surface area contributed by atoms with Crippen LogP contribution in [0, 0.1) is 6.92 Å². The minimum absolute atomic E-state index is 0.0553. The van der Waals surface area contributed by atoms with Crippen molar-refractivity contribution in [3.63, 3.8) is 0 Å². The monoisotopic (exact) mass is 337 g/mol. The summed E-state index contributed by atoms with van der Waals surface area (Å²) in [7, 11) is 0. The molecule has 7 heteroatoms. The van der Waals surface area contributed by atoms with Crippen molar-refractivity contribution in [2.45, 2.75) is 32.4 Å². The lowest BCUT2D eigenvalue weighted by atomic mass is 10.2. The predicted octanol–water partition coefficient (Wildman–Crippen LogP) is 1.59. The second-order valence-electron chi connectivity index (χ2n) is 5.99. The third-order valence-electron chi connectivity index (χ3n) is 4.29. The number of hydrogen-bond acceptors (Lipinski definition) is 4. The lowest BCUT2D eigenvalue weighted by Crippen LogP contribution is -2.54. The van der Waals surface area contributed by atoms with E-state index in [4.69, 9.17) is 4.74 Å². The molecule has 2 aliphatic heterocycles. The minimum Gasteiger partial charge on any atom is -0.368 e. The van der Waals surface area contributed by atoms with Gasteiger partial charge in [-0.1, -0.05) is 0 Å². The van der Waals surface area contributed by atoms with Gasteiger partial charge < -0.3 is 19.9 Å². The van der Waals surface area contributed by atoms with E-state index in [-0.39, 0.29) is 18.0 Å². The van der Waals surface area contributed by atoms with Gasteiger partial charge in [-0.25, -0.2) is 4.79 Å². The molecule has 0 saturated carbocycles. The summed E-state index contributed by atoms with van der Waals surface area (Å²) in [5.74, 6) is 0.0802. The summed E-state index contributed by atoms with van der Waals surface area (Å²) in [6, 6.07) is 4.04. The topological polar surface area (TPSA) is 61.9 Å². The first-order chi connectivity index (χ1) is 11.1. The first kappa shape index (κ1) is 16.3. The molecule has 2 fully saturated rings. The Morgan fingerprint density at radius 1 is 1.26 bits per heavy atom. The highest BCUT2D eigenvalue weighted by atomic mass is 32.1. The van der Waals surface area contributed by atoms with E-state index < -0.39 is 0 Å². The number of thiophene rings is 1.